The SMILES string of the molecule is C[C@@H]1Cc2c([nH]c3ccccc23)[C@@H](c2cnc(O[C@@H]3CON(CCCF)C3)s2)N1CC(F)(F)CO[Si](c1ccccc1)(c1ccccc1)C(C)(C)C. The molecule has 3 atom stereocenters. The molecule has 0 radical (unpaired) electrons. The van der Waals surface area contributed by atoms with Crippen molar-refractivity contribution in [3.8, 4) is 5.19 Å². The fourth-order valence-corrected chi connectivity index (χ4v) is 13.5. The normalized spacial score (nSPS) is 20.4. The first-order valence-corrected chi connectivity index (χ1v) is 20.8. The largest absolute Gasteiger partial charge is 0.463 e. The topological polar surface area (TPSA) is 62.9 Å². The zero-order chi connectivity index (χ0) is 36.5. The number of alkyl halides is 3. The van der Waals surface area contributed by atoms with Crippen molar-refractivity contribution >= 4 is 40.9 Å². The highest BCUT2D eigenvalue weighted by atomic mass is 32.1. The van der Waals surface area contributed by atoms with Crippen LogP contribution in [-0.4, -0.2) is 85.8 Å². The molecule has 2 aliphatic heterocycles. The van der Waals surface area contributed by atoms with Crippen LogP contribution >= 0.6 is 11.3 Å². The molecule has 12 heteroatoms. The zero-order valence-corrected chi connectivity index (χ0v) is 32.0. The Labute approximate surface area is 308 Å². The molecule has 2 aliphatic rings. The number of hydrogen-bond acceptors (Lipinski definition) is 7. The van der Waals surface area contributed by atoms with E-state index in [0.29, 0.717) is 37.7 Å². The van der Waals surface area contributed by atoms with Gasteiger partial charge in [-0.3, -0.25) is 14.1 Å². The van der Waals surface area contributed by atoms with Gasteiger partial charge in [-0.15, -0.1) is 0 Å². The van der Waals surface area contributed by atoms with Crippen LogP contribution in [0.4, 0.5) is 13.2 Å². The van der Waals surface area contributed by atoms with Gasteiger partial charge in [0.2, 0.25) is 0 Å². The molecule has 7 nitrogen and oxygen atoms in total. The number of nitrogens with one attached hydrogen (secondary N) is 1. The van der Waals surface area contributed by atoms with Crippen molar-refractivity contribution in [1.29, 1.82) is 0 Å². The van der Waals surface area contributed by atoms with Crippen molar-refractivity contribution < 1.29 is 27.2 Å². The van der Waals surface area contributed by atoms with Crippen molar-refractivity contribution in [2.45, 2.75) is 69.7 Å². The standard InChI is InChI=1S/C40H47F3N4O3SSi/c1-28-22-33-32-18-11-12-19-34(32)45-36(33)37(35-23-44-38(51-35)50-29-24-46(48-25-29)21-13-20-41)47(28)26-40(42,43)27-49-52(39(2,3)4,30-14-7-5-8-15-30)31-16-9-6-10-17-31/h5-12,14-19,23,28-29,37,45H,13,20-22,24-27H2,1-4H3/t28-,29+,37-/m1/s1. The van der Waals surface area contributed by atoms with E-state index in [1.54, 1.807) is 11.3 Å². The molecule has 0 spiro atoms. The van der Waals surface area contributed by atoms with Gasteiger partial charge in [0.25, 0.3) is 19.4 Å². The number of aromatic nitrogens is 2. The Kier molecular flexibility index (Phi) is 10.7. The van der Waals surface area contributed by atoms with Crippen LogP contribution in [-0.2, 0) is 15.7 Å². The van der Waals surface area contributed by atoms with Gasteiger partial charge in [0.1, 0.15) is 12.7 Å². The number of para-hydroxylation sites is 1. The maximum absolute atomic E-state index is 16.8. The number of nitrogens with zero attached hydrogens (tertiary/aromatic N) is 3. The maximum atomic E-state index is 16.8. The van der Waals surface area contributed by atoms with Gasteiger partial charge >= 0.3 is 0 Å². The minimum Gasteiger partial charge on any atom is -0.463 e. The van der Waals surface area contributed by atoms with Crippen molar-refractivity contribution in [2.24, 2.45) is 0 Å². The summed E-state index contributed by atoms with van der Waals surface area (Å²) in [5.41, 5.74) is 3.02. The Hall–Kier alpha value is -3.52. The summed E-state index contributed by atoms with van der Waals surface area (Å²) in [7, 11) is -3.19. The monoisotopic (exact) mass is 748 g/mol. The average Bonchev–Trinajstić information content (AvgIpc) is 3.87. The van der Waals surface area contributed by atoms with Gasteiger partial charge in [-0.2, -0.15) is 5.06 Å². The highest BCUT2D eigenvalue weighted by Gasteiger charge is 2.52. The number of hydrogen-bond donors (Lipinski definition) is 1. The Morgan fingerprint density at radius 2 is 1.65 bits per heavy atom. The fraction of sp³-hybridized carbons (Fsp3) is 0.425. The lowest BCUT2D eigenvalue weighted by atomic mass is 9.91. The highest BCUT2D eigenvalue weighted by molar-refractivity contribution is 7.13. The number of hydroxylamine groups is 2. The molecule has 3 aromatic carbocycles. The van der Waals surface area contributed by atoms with E-state index in [9.17, 15) is 4.39 Å². The zero-order valence-electron chi connectivity index (χ0n) is 30.2. The average molecular weight is 749 g/mol. The van der Waals surface area contributed by atoms with Crippen LogP contribution in [0.15, 0.2) is 91.1 Å². The predicted octanol–water partition coefficient (Wildman–Crippen LogP) is 7.53. The molecule has 276 valence electrons. The summed E-state index contributed by atoms with van der Waals surface area (Å²) in [4.78, 5) is 16.6. The number of fused-ring (bicyclic) bond motifs is 3. The van der Waals surface area contributed by atoms with E-state index in [2.05, 4.69) is 36.8 Å². The van der Waals surface area contributed by atoms with Gasteiger partial charge in [0.05, 0.1) is 37.3 Å². The van der Waals surface area contributed by atoms with E-state index in [1.807, 2.05) is 90.7 Å². The third kappa shape index (κ3) is 7.33. The van der Waals surface area contributed by atoms with E-state index < -0.39 is 45.1 Å². The third-order valence-electron chi connectivity index (χ3n) is 10.3. The van der Waals surface area contributed by atoms with Gasteiger partial charge in [-0.05, 0) is 46.8 Å². The smallest absolute Gasteiger partial charge is 0.282 e. The van der Waals surface area contributed by atoms with Crippen LogP contribution in [0.25, 0.3) is 10.9 Å². The Morgan fingerprint density at radius 3 is 2.33 bits per heavy atom. The molecular weight excluding hydrogens is 702 g/mol. The van der Waals surface area contributed by atoms with Crippen LogP contribution in [0.1, 0.15) is 56.3 Å². The summed E-state index contributed by atoms with van der Waals surface area (Å²) in [5, 5.41) is 4.77. The molecule has 0 bridgehead atoms. The summed E-state index contributed by atoms with van der Waals surface area (Å²) < 4.78 is 59.2. The van der Waals surface area contributed by atoms with Gasteiger partial charge in [-0.25, -0.2) is 13.8 Å². The van der Waals surface area contributed by atoms with E-state index in [4.69, 9.17) is 14.0 Å². The lowest BCUT2D eigenvalue weighted by Gasteiger charge is -2.45. The number of halogens is 3. The first-order chi connectivity index (χ1) is 25.0. The Balaban J connectivity index is 1.19. The van der Waals surface area contributed by atoms with E-state index in [0.717, 1.165) is 37.4 Å². The van der Waals surface area contributed by atoms with Crippen molar-refractivity contribution in [3.05, 3.63) is 107 Å². The molecule has 5 aromatic rings. The minimum absolute atomic E-state index is 0.200. The number of H-pyrrole nitrogens is 1. The molecule has 7 rings (SSSR count). The summed E-state index contributed by atoms with van der Waals surface area (Å²) >= 11 is 1.37. The first-order valence-electron chi connectivity index (χ1n) is 18.0. The number of ether oxygens (including phenoxy) is 1. The first kappa shape index (κ1) is 36.8. The third-order valence-corrected chi connectivity index (χ3v) is 16.2. The second-order valence-corrected chi connectivity index (χ2v) is 20.3. The minimum atomic E-state index is -3.19. The second kappa shape index (κ2) is 15.1. The molecule has 1 saturated heterocycles. The molecule has 4 heterocycles. The number of aromatic amines is 1. The number of benzene rings is 3. The quantitative estimate of drug-likeness (QED) is 0.126. The second-order valence-electron chi connectivity index (χ2n) is 15.0. The Bertz CT molecular complexity index is 1900. The molecular formula is C40H47F3N4O3SSi. The summed E-state index contributed by atoms with van der Waals surface area (Å²) in [6, 6.07) is 27.2. The molecule has 0 saturated carbocycles. The van der Waals surface area contributed by atoms with Crippen LogP contribution in [0, 0.1) is 0 Å². The van der Waals surface area contributed by atoms with E-state index in [1.165, 1.54) is 11.3 Å². The van der Waals surface area contributed by atoms with E-state index in [-0.39, 0.29) is 12.1 Å². The number of rotatable bonds is 13. The number of thiazole rings is 1. The van der Waals surface area contributed by atoms with Gasteiger partial charge < -0.3 is 14.1 Å². The predicted molar refractivity (Wildman–Crippen MR) is 203 cm³/mol. The molecule has 1 N–H and O–H groups in total. The van der Waals surface area contributed by atoms with Gasteiger partial charge in [-0.1, -0.05) is 111 Å². The van der Waals surface area contributed by atoms with Gasteiger partial charge in [0, 0.05) is 35.4 Å². The summed E-state index contributed by atoms with van der Waals surface area (Å²) in [5.74, 6) is -3.18. The van der Waals surface area contributed by atoms with Crippen LogP contribution < -0.4 is 15.1 Å². The Morgan fingerprint density at radius 1 is 0.981 bits per heavy atom. The maximum Gasteiger partial charge on any atom is 0.282 e. The van der Waals surface area contributed by atoms with E-state index >= 15 is 8.78 Å². The van der Waals surface area contributed by atoms with Gasteiger partial charge in [0.15, 0.2) is 0 Å². The van der Waals surface area contributed by atoms with Crippen molar-refractivity contribution in [2.75, 3.05) is 39.5 Å². The van der Waals surface area contributed by atoms with Crippen LogP contribution in [0.5, 0.6) is 5.19 Å². The molecule has 52 heavy (non-hydrogen) atoms. The lowest BCUT2D eigenvalue weighted by molar-refractivity contribution is -0.111. The van der Waals surface area contributed by atoms with Crippen molar-refractivity contribution in [3.63, 3.8) is 0 Å². The summed E-state index contributed by atoms with van der Waals surface area (Å²) in [6.07, 6.45) is 2.51. The van der Waals surface area contributed by atoms with Crippen LogP contribution in [0.3, 0.4) is 0 Å². The molecule has 0 aliphatic carbocycles. The van der Waals surface area contributed by atoms with Crippen LogP contribution in [0.2, 0.25) is 5.04 Å². The molecule has 0 amide bonds. The fourth-order valence-electron chi connectivity index (χ4n) is 7.93. The van der Waals surface area contributed by atoms with Crippen molar-refractivity contribution in [1.82, 2.24) is 19.9 Å². The highest BCUT2D eigenvalue weighted by Crippen LogP contribution is 2.45. The molecule has 2 aromatic heterocycles. The molecule has 1 fully saturated rings. The lowest BCUT2D eigenvalue weighted by Crippen LogP contribution is -2.67. The molecule has 0 unspecified atom stereocenters. The summed E-state index contributed by atoms with van der Waals surface area (Å²) in [6.45, 7) is 8.04.